The molecule has 0 N–H and O–H groups in total. The fraction of sp³-hybridized carbons (Fsp3) is 0.158. The number of benzene rings is 2. The molecule has 7 heteroatoms. The molecule has 7 nitrogen and oxygen atoms in total. The van der Waals surface area contributed by atoms with Crippen molar-refractivity contribution in [1.29, 1.82) is 5.26 Å². The standard InChI is InChI=1S/C19H15N3O4/c20-10-5-11-21-12-15(14-6-1-2-7-16(14)21)18(23)13-26-19-9-4-3-8-17(19)22(24)25/h1-4,6-9,12H,5,11,13H2. The van der Waals surface area contributed by atoms with Gasteiger partial charge in [0.2, 0.25) is 5.78 Å². The molecule has 0 radical (unpaired) electrons. The number of nitro benzene ring substituents is 1. The number of hydrogen-bond acceptors (Lipinski definition) is 5. The number of hydrogen-bond donors (Lipinski definition) is 0. The molecule has 0 saturated carbocycles. The van der Waals surface area contributed by atoms with Crippen LogP contribution in [-0.4, -0.2) is 21.9 Å². The van der Waals surface area contributed by atoms with Crippen LogP contribution in [0.3, 0.4) is 0 Å². The Labute approximate surface area is 149 Å². The van der Waals surface area contributed by atoms with E-state index in [4.69, 9.17) is 10.00 Å². The van der Waals surface area contributed by atoms with Gasteiger partial charge in [-0.25, -0.2) is 0 Å². The molecule has 1 heterocycles. The quantitative estimate of drug-likeness (QED) is 0.368. The lowest BCUT2D eigenvalue weighted by atomic mass is 10.1. The third kappa shape index (κ3) is 3.39. The van der Waals surface area contributed by atoms with E-state index in [2.05, 4.69) is 6.07 Å². The van der Waals surface area contributed by atoms with Crippen molar-refractivity contribution in [3.63, 3.8) is 0 Å². The van der Waals surface area contributed by atoms with Crippen molar-refractivity contribution in [2.24, 2.45) is 0 Å². The van der Waals surface area contributed by atoms with Gasteiger partial charge in [0.05, 0.1) is 17.4 Å². The molecule has 0 fully saturated rings. The van der Waals surface area contributed by atoms with Gasteiger partial charge in [0.15, 0.2) is 12.4 Å². The largest absolute Gasteiger partial charge is 0.478 e. The number of para-hydroxylation sites is 3. The lowest BCUT2D eigenvalue weighted by Crippen LogP contribution is -2.12. The van der Waals surface area contributed by atoms with Crippen LogP contribution >= 0.6 is 0 Å². The molecule has 0 amide bonds. The fourth-order valence-electron chi connectivity index (χ4n) is 2.78. The molecule has 0 saturated heterocycles. The maximum Gasteiger partial charge on any atom is 0.310 e. The number of nitro groups is 1. The van der Waals surface area contributed by atoms with Crippen LogP contribution < -0.4 is 4.74 Å². The van der Waals surface area contributed by atoms with Gasteiger partial charge >= 0.3 is 5.69 Å². The first-order valence-electron chi connectivity index (χ1n) is 7.96. The van der Waals surface area contributed by atoms with Gasteiger partial charge in [-0.15, -0.1) is 0 Å². The van der Waals surface area contributed by atoms with E-state index < -0.39 is 4.92 Å². The molecule has 0 unspecified atom stereocenters. The minimum absolute atomic E-state index is 0.0547. The highest BCUT2D eigenvalue weighted by molar-refractivity contribution is 6.08. The van der Waals surface area contributed by atoms with Crippen LogP contribution in [0.15, 0.2) is 54.7 Å². The van der Waals surface area contributed by atoms with Crippen molar-refractivity contribution in [2.75, 3.05) is 6.61 Å². The van der Waals surface area contributed by atoms with Crippen molar-refractivity contribution < 1.29 is 14.5 Å². The highest BCUT2D eigenvalue weighted by Crippen LogP contribution is 2.27. The Morgan fingerprint density at radius 2 is 1.92 bits per heavy atom. The van der Waals surface area contributed by atoms with Gasteiger partial charge in [-0.05, 0) is 12.1 Å². The maximum atomic E-state index is 12.6. The summed E-state index contributed by atoms with van der Waals surface area (Å²) in [6.45, 7) is 0.173. The number of ether oxygens (including phenoxy) is 1. The van der Waals surface area contributed by atoms with E-state index in [0.29, 0.717) is 18.5 Å². The summed E-state index contributed by atoms with van der Waals surface area (Å²) in [5.74, 6) is -0.228. The fourth-order valence-corrected chi connectivity index (χ4v) is 2.78. The van der Waals surface area contributed by atoms with Crippen molar-refractivity contribution in [3.8, 4) is 11.8 Å². The van der Waals surface area contributed by atoms with Gasteiger partial charge in [0.1, 0.15) is 0 Å². The number of nitriles is 1. The molecule has 0 bridgehead atoms. The molecule has 3 aromatic rings. The Hall–Kier alpha value is -3.66. The van der Waals surface area contributed by atoms with Crippen molar-refractivity contribution >= 4 is 22.4 Å². The summed E-state index contributed by atoms with van der Waals surface area (Å²) in [4.78, 5) is 23.1. The summed E-state index contributed by atoms with van der Waals surface area (Å²) in [6, 6.07) is 15.4. The first-order valence-corrected chi connectivity index (χ1v) is 7.96. The summed E-state index contributed by atoms with van der Waals surface area (Å²) >= 11 is 0. The smallest absolute Gasteiger partial charge is 0.310 e. The van der Waals surface area contributed by atoms with E-state index in [0.717, 1.165) is 10.9 Å². The second-order valence-electron chi connectivity index (χ2n) is 5.60. The highest BCUT2D eigenvalue weighted by Gasteiger charge is 2.18. The van der Waals surface area contributed by atoms with E-state index in [1.807, 2.05) is 28.8 Å². The van der Waals surface area contributed by atoms with Crippen LogP contribution in [0.2, 0.25) is 0 Å². The van der Waals surface area contributed by atoms with E-state index in [1.54, 1.807) is 12.3 Å². The van der Waals surface area contributed by atoms with Gasteiger partial charge in [-0.2, -0.15) is 5.26 Å². The van der Waals surface area contributed by atoms with E-state index in [-0.39, 0.29) is 23.8 Å². The molecule has 0 atom stereocenters. The lowest BCUT2D eigenvalue weighted by molar-refractivity contribution is -0.385. The minimum atomic E-state index is -0.548. The molecular formula is C19H15N3O4. The zero-order chi connectivity index (χ0) is 18.5. The molecular weight excluding hydrogens is 334 g/mol. The Morgan fingerprint density at radius 1 is 1.19 bits per heavy atom. The number of carbonyl (C=O) groups is 1. The molecule has 2 aromatic carbocycles. The molecule has 1 aromatic heterocycles. The first-order chi connectivity index (χ1) is 12.6. The maximum absolute atomic E-state index is 12.6. The highest BCUT2D eigenvalue weighted by atomic mass is 16.6. The zero-order valence-electron chi connectivity index (χ0n) is 13.8. The first kappa shape index (κ1) is 17.2. The van der Waals surface area contributed by atoms with Gasteiger partial charge in [-0.3, -0.25) is 14.9 Å². The SMILES string of the molecule is N#CCCn1cc(C(=O)COc2ccccc2[N+](=O)[O-])c2ccccc21. The molecule has 26 heavy (non-hydrogen) atoms. The molecule has 3 rings (SSSR count). The summed E-state index contributed by atoms with van der Waals surface area (Å²) in [5.41, 5.74) is 1.14. The Kier molecular flexibility index (Phi) is 4.94. The monoisotopic (exact) mass is 349 g/mol. The summed E-state index contributed by atoms with van der Waals surface area (Å²) in [7, 11) is 0. The predicted molar refractivity (Wildman–Crippen MR) is 95.1 cm³/mol. The van der Waals surface area contributed by atoms with E-state index in [9.17, 15) is 14.9 Å². The number of Topliss-reactive ketones (excluding diaryl/α,β-unsaturated/α-hetero) is 1. The van der Waals surface area contributed by atoms with Gasteiger partial charge in [0, 0.05) is 35.3 Å². The number of carbonyl (C=O) groups excluding carboxylic acids is 1. The lowest BCUT2D eigenvalue weighted by Gasteiger charge is -2.05. The van der Waals surface area contributed by atoms with Crippen LogP contribution in [0.5, 0.6) is 5.75 Å². The predicted octanol–water partition coefficient (Wildman–Crippen LogP) is 3.72. The van der Waals surface area contributed by atoms with Gasteiger partial charge in [-0.1, -0.05) is 30.3 Å². The Balaban J connectivity index is 1.85. The zero-order valence-corrected chi connectivity index (χ0v) is 13.8. The van der Waals surface area contributed by atoms with Crippen molar-refractivity contribution in [3.05, 3.63) is 70.4 Å². The van der Waals surface area contributed by atoms with Crippen LogP contribution in [0.4, 0.5) is 5.69 Å². The van der Waals surface area contributed by atoms with E-state index >= 15 is 0 Å². The molecule has 0 aliphatic carbocycles. The van der Waals surface area contributed by atoms with Crippen LogP contribution in [-0.2, 0) is 6.54 Å². The number of rotatable bonds is 7. The third-order valence-corrected chi connectivity index (χ3v) is 3.97. The summed E-state index contributed by atoms with van der Waals surface area (Å²) < 4.78 is 7.26. The topological polar surface area (TPSA) is 98.2 Å². The Bertz CT molecular complexity index is 1020. The number of aryl methyl sites for hydroxylation is 1. The average Bonchev–Trinajstić information content (AvgIpc) is 3.03. The minimum Gasteiger partial charge on any atom is -0.478 e. The van der Waals surface area contributed by atoms with Crippen LogP contribution in [0.1, 0.15) is 16.8 Å². The second-order valence-corrected chi connectivity index (χ2v) is 5.60. The third-order valence-electron chi connectivity index (χ3n) is 3.97. The number of fused-ring (bicyclic) bond motifs is 1. The molecule has 130 valence electrons. The molecule has 0 aliphatic heterocycles. The normalized spacial score (nSPS) is 10.4. The van der Waals surface area contributed by atoms with Crippen LogP contribution in [0.25, 0.3) is 10.9 Å². The second kappa shape index (κ2) is 7.49. The van der Waals surface area contributed by atoms with Crippen LogP contribution in [0, 0.1) is 21.4 Å². The molecule has 0 spiro atoms. The van der Waals surface area contributed by atoms with Gasteiger partial charge < -0.3 is 9.30 Å². The van der Waals surface area contributed by atoms with Crippen molar-refractivity contribution in [2.45, 2.75) is 13.0 Å². The van der Waals surface area contributed by atoms with E-state index in [1.165, 1.54) is 18.2 Å². The average molecular weight is 349 g/mol. The Morgan fingerprint density at radius 3 is 2.69 bits per heavy atom. The van der Waals surface area contributed by atoms with Crippen molar-refractivity contribution in [1.82, 2.24) is 4.57 Å². The summed E-state index contributed by atoms with van der Waals surface area (Å²) in [6.07, 6.45) is 2.03. The number of ketones is 1. The summed E-state index contributed by atoms with van der Waals surface area (Å²) in [5, 5.41) is 20.6. The number of aromatic nitrogens is 1. The van der Waals surface area contributed by atoms with Gasteiger partial charge in [0.25, 0.3) is 0 Å². The number of nitrogens with zero attached hydrogens (tertiary/aromatic N) is 3. The molecule has 0 aliphatic rings.